The third-order valence-corrected chi connectivity index (χ3v) is 7.84. The number of para-hydroxylation sites is 1. The molecule has 2 aromatic carbocycles. The zero-order valence-electron chi connectivity index (χ0n) is 21.6. The summed E-state index contributed by atoms with van der Waals surface area (Å²) in [6.07, 6.45) is -2.03. The van der Waals surface area contributed by atoms with Crippen molar-refractivity contribution in [2.24, 2.45) is 0 Å². The highest BCUT2D eigenvalue weighted by Crippen LogP contribution is 2.37. The minimum atomic E-state index is -4.77. The molecule has 2 saturated heterocycles. The van der Waals surface area contributed by atoms with Crippen LogP contribution in [0.3, 0.4) is 0 Å². The second-order valence-electron chi connectivity index (χ2n) is 10.2. The fraction of sp³-hybridized carbons (Fsp3) is 0.429. The lowest BCUT2D eigenvalue weighted by atomic mass is 9.88. The third-order valence-electron chi connectivity index (χ3n) is 7.60. The van der Waals surface area contributed by atoms with Crippen LogP contribution in [0.4, 0.5) is 13.2 Å². The summed E-state index contributed by atoms with van der Waals surface area (Å²) >= 11 is 6.27. The van der Waals surface area contributed by atoms with Gasteiger partial charge in [0.25, 0.3) is 5.91 Å². The summed E-state index contributed by atoms with van der Waals surface area (Å²) in [5, 5.41) is 1.22. The van der Waals surface area contributed by atoms with Crippen molar-refractivity contribution in [1.29, 1.82) is 0 Å². The van der Waals surface area contributed by atoms with Crippen molar-refractivity contribution in [2.75, 3.05) is 46.3 Å². The second-order valence-corrected chi connectivity index (χ2v) is 10.6. The van der Waals surface area contributed by atoms with E-state index >= 15 is 0 Å². The lowest BCUT2D eigenvalue weighted by molar-refractivity contribution is -0.275. The Morgan fingerprint density at radius 1 is 0.974 bits per heavy atom. The number of carbonyl (C=O) groups excluding carboxylic acids is 2. The van der Waals surface area contributed by atoms with E-state index in [4.69, 9.17) is 11.6 Å². The van der Waals surface area contributed by atoms with E-state index in [1.54, 1.807) is 46.0 Å². The van der Waals surface area contributed by atoms with Gasteiger partial charge in [-0.05, 0) is 49.6 Å². The van der Waals surface area contributed by atoms with Crippen molar-refractivity contribution in [2.45, 2.75) is 31.7 Å². The van der Waals surface area contributed by atoms with Gasteiger partial charge in [-0.3, -0.25) is 9.59 Å². The number of nitrogens with zero attached hydrogens (tertiary/aromatic N) is 4. The number of hydrogen-bond acceptors (Lipinski definition) is 4. The molecule has 0 atom stereocenters. The first-order chi connectivity index (χ1) is 18.6. The van der Waals surface area contributed by atoms with Gasteiger partial charge in [0.2, 0.25) is 5.91 Å². The molecule has 5 rings (SSSR count). The fourth-order valence-corrected chi connectivity index (χ4v) is 5.63. The molecule has 11 heteroatoms. The number of ether oxygens (including phenoxy) is 1. The summed E-state index contributed by atoms with van der Waals surface area (Å²) in [5.74, 6) is -0.542. The average Bonchev–Trinajstić information content (AvgIpc) is 3.25. The van der Waals surface area contributed by atoms with E-state index in [0.29, 0.717) is 66.1 Å². The molecule has 0 spiro atoms. The number of hydrogen-bond donors (Lipinski definition) is 0. The summed E-state index contributed by atoms with van der Waals surface area (Å²) in [6, 6.07) is 11.5. The molecule has 0 unspecified atom stereocenters. The minimum Gasteiger partial charge on any atom is -0.405 e. The monoisotopic (exact) mass is 562 g/mol. The summed E-state index contributed by atoms with van der Waals surface area (Å²) in [5.41, 5.74) is 1.68. The number of likely N-dealkylation sites (N-methyl/N-ethyl adjacent to an activating group) is 1. The molecule has 2 amide bonds. The number of aromatic nitrogens is 1. The molecule has 208 valence electrons. The van der Waals surface area contributed by atoms with E-state index < -0.39 is 6.36 Å². The van der Waals surface area contributed by atoms with Crippen molar-refractivity contribution < 1.29 is 27.5 Å². The Morgan fingerprint density at radius 3 is 2.36 bits per heavy atom. The maximum absolute atomic E-state index is 13.6. The van der Waals surface area contributed by atoms with Gasteiger partial charge in [-0.2, -0.15) is 0 Å². The molecule has 7 nitrogen and oxygen atoms in total. The van der Waals surface area contributed by atoms with Gasteiger partial charge in [-0.1, -0.05) is 35.9 Å². The Morgan fingerprint density at radius 2 is 1.67 bits per heavy atom. The van der Waals surface area contributed by atoms with Gasteiger partial charge < -0.3 is 24.0 Å². The Balaban J connectivity index is 1.32. The molecule has 3 heterocycles. The number of benzene rings is 2. The maximum Gasteiger partial charge on any atom is 0.573 e. The maximum atomic E-state index is 13.6. The zero-order chi connectivity index (χ0) is 27.7. The number of rotatable bonds is 5. The predicted octanol–water partition coefficient (Wildman–Crippen LogP) is 4.99. The Labute approximate surface area is 229 Å². The summed E-state index contributed by atoms with van der Waals surface area (Å²) in [7, 11) is 2.03. The van der Waals surface area contributed by atoms with E-state index in [2.05, 4.69) is 9.64 Å². The van der Waals surface area contributed by atoms with Crippen molar-refractivity contribution in [3.63, 3.8) is 0 Å². The van der Waals surface area contributed by atoms with Crippen LogP contribution < -0.4 is 4.74 Å². The summed E-state index contributed by atoms with van der Waals surface area (Å²) < 4.78 is 44.7. The average molecular weight is 563 g/mol. The first-order valence-electron chi connectivity index (χ1n) is 13.0. The van der Waals surface area contributed by atoms with Gasteiger partial charge in [-0.15, -0.1) is 13.2 Å². The van der Waals surface area contributed by atoms with E-state index in [1.165, 1.54) is 12.1 Å². The van der Waals surface area contributed by atoms with Gasteiger partial charge in [0.1, 0.15) is 12.3 Å². The molecular formula is C28H30ClF3N4O3. The molecule has 2 aliphatic rings. The first-order valence-corrected chi connectivity index (χ1v) is 13.4. The number of halogens is 4. The lowest BCUT2D eigenvalue weighted by Crippen LogP contribution is -2.48. The largest absolute Gasteiger partial charge is 0.573 e. The van der Waals surface area contributed by atoms with E-state index in [0.717, 1.165) is 13.1 Å². The molecule has 0 saturated carbocycles. The van der Waals surface area contributed by atoms with Gasteiger partial charge in [0.05, 0.1) is 11.1 Å². The number of likely N-dealkylation sites (tertiary alicyclic amines) is 1. The topological polar surface area (TPSA) is 58.0 Å². The van der Waals surface area contributed by atoms with E-state index in [-0.39, 0.29) is 30.0 Å². The standard InChI is InChI=1S/C28H30ClF3N4O3/c1-33-12-14-34(15-13-33)26(37)18-36-17-23(22-7-6-20(29)16-24(22)36)27(38)35-10-8-19(9-11-35)21-4-2-3-5-25(21)39-28(30,31)32/h2-7,16-17,19H,8-15,18H2,1H3. The second kappa shape index (κ2) is 11.1. The SMILES string of the molecule is CN1CCN(C(=O)Cn2cc(C(=O)N3CCC(c4ccccc4OC(F)(F)F)CC3)c3ccc(Cl)cc32)CC1. The summed E-state index contributed by atoms with van der Waals surface area (Å²) in [6.45, 7) is 3.84. The quantitative estimate of drug-likeness (QED) is 0.440. The smallest absolute Gasteiger partial charge is 0.405 e. The van der Waals surface area contributed by atoms with Crippen LogP contribution in [-0.4, -0.2) is 83.8 Å². The van der Waals surface area contributed by atoms with Gasteiger partial charge in [0, 0.05) is 55.9 Å². The number of amides is 2. The number of piperazine rings is 1. The van der Waals surface area contributed by atoms with Crippen molar-refractivity contribution in [1.82, 2.24) is 19.3 Å². The van der Waals surface area contributed by atoms with Crippen LogP contribution in [0.1, 0.15) is 34.7 Å². The highest BCUT2D eigenvalue weighted by molar-refractivity contribution is 6.31. The Kier molecular flexibility index (Phi) is 7.77. The highest BCUT2D eigenvalue weighted by atomic mass is 35.5. The van der Waals surface area contributed by atoms with Crippen molar-refractivity contribution >= 4 is 34.3 Å². The molecule has 39 heavy (non-hydrogen) atoms. The highest BCUT2D eigenvalue weighted by Gasteiger charge is 2.34. The summed E-state index contributed by atoms with van der Waals surface area (Å²) in [4.78, 5) is 32.4. The van der Waals surface area contributed by atoms with Gasteiger partial charge in [-0.25, -0.2) is 0 Å². The number of fused-ring (bicyclic) bond motifs is 1. The van der Waals surface area contributed by atoms with Crippen LogP contribution in [0.25, 0.3) is 10.9 Å². The Hall–Kier alpha value is -3.24. The van der Waals surface area contributed by atoms with Crippen LogP contribution >= 0.6 is 11.6 Å². The molecule has 1 aromatic heterocycles. The minimum absolute atomic E-state index is 0.0143. The molecule has 0 aliphatic carbocycles. The van der Waals surface area contributed by atoms with E-state index in [1.807, 2.05) is 11.9 Å². The fourth-order valence-electron chi connectivity index (χ4n) is 5.47. The van der Waals surface area contributed by atoms with Crippen LogP contribution in [0.15, 0.2) is 48.7 Å². The van der Waals surface area contributed by atoms with Crippen LogP contribution in [0.5, 0.6) is 5.75 Å². The van der Waals surface area contributed by atoms with Crippen molar-refractivity contribution in [3.8, 4) is 5.75 Å². The zero-order valence-corrected chi connectivity index (χ0v) is 22.3. The first kappa shape index (κ1) is 27.3. The normalized spacial score (nSPS) is 17.6. The van der Waals surface area contributed by atoms with Gasteiger partial charge >= 0.3 is 6.36 Å². The molecule has 3 aromatic rings. The molecule has 2 fully saturated rings. The van der Waals surface area contributed by atoms with Crippen LogP contribution in [-0.2, 0) is 11.3 Å². The number of carbonyl (C=O) groups is 2. The molecular weight excluding hydrogens is 533 g/mol. The molecule has 0 N–H and O–H groups in total. The molecule has 0 bridgehead atoms. The number of alkyl halides is 3. The van der Waals surface area contributed by atoms with Gasteiger partial charge in [0.15, 0.2) is 0 Å². The van der Waals surface area contributed by atoms with Crippen molar-refractivity contribution in [3.05, 3.63) is 64.8 Å². The van der Waals surface area contributed by atoms with E-state index in [9.17, 15) is 22.8 Å². The van der Waals surface area contributed by atoms with Crippen LogP contribution in [0, 0.1) is 0 Å². The lowest BCUT2D eigenvalue weighted by Gasteiger charge is -2.33. The number of piperidine rings is 1. The third kappa shape index (κ3) is 6.17. The predicted molar refractivity (Wildman–Crippen MR) is 142 cm³/mol. The molecule has 2 aliphatic heterocycles. The Bertz CT molecular complexity index is 1360. The molecule has 0 radical (unpaired) electrons. The van der Waals surface area contributed by atoms with Crippen LogP contribution in [0.2, 0.25) is 5.02 Å².